The van der Waals surface area contributed by atoms with Crippen molar-refractivity contribution in [3.8, 4) is 0 Å². The smallest absolute Gasteiger partial charge is 0.325 e. The Hall–Kier alpha value is -2.74. The third-order valence-electron chi connectivity index (χ3n) is 4.26. The molecular formula is C17H19FN4O3. The van der Waals surface area contributed by atoms with Crippen LogP contribution in [0.15, 0.2) is 39.9 Å². The molecule has 0 unspecified atom stereocenters. The highest BCUT2D eigenvalue weighted by atomic mass is 19.1. The third-order valence-corrected chi connectivity index (χ3v) is 4.26. The molecule has 0 saturated carbocycles. The summed E-state index contributed by atoms with van der Waals surface area (Å²) >= 11 is 0. The Morgan fingerprint density at radius 2 is 2.12 bits per heavy atom. The number of nitrogens with zero attached hydrogens (tertiary/aromatic N) is 1. The number of aromatic amines is 2. The van der Waals surface area contributed by atoms with E-state index in [1.807, 2.05) is 0 Å². The van der Waals surface area contributed by atoms with E-state index in [0.29, 0.717) is 24.5 Å². The highest BCUT2D eigenvalue weighted by Gasteiger charge is 2.25. The van der Waals surface area contributed by atoms with Gasteiger partial charge in [0.05, 0.1) is 0 Å². The van der Waals surface area contributed by atoms with E-state index in [1.54, 1.807) is 12.1 Å². The Kier molecular flexibility index (Phi) is 5.08. The number of nitrogens with one attached hydrogen (secondary N) is 3. The van der Waals surface area contributed by atoms with Crippen LogP contribution in [0.25, 0.3) is 0 Å². The molecule has 1 aliphatic heterocycles. The molecule has 1 aromatic heterocycles. The second kappa shape index (κ2) is 7.43. The zero-order valence-electron chi connectivity index (χ0n) is 13.5. The predicted molar refractivity (Wildman–Crippen MR) is 91.1 cm³/mol. The van der Waals surface area contributed by atoms with Crippen molar-refractivity contribution in [1.82, 2.24) is 14.9 Å². The number of carbonyl (C=O) groups is 1. The molecule has 1 atom stereocenters. The Bertz CT molecular complexity index is 848. The van der Waals surface area contributed by atoms with Gasteiger partial charge in [0.15, 0.2) is 0 Å². The summed E-state index contributed by atoms with van der Waals surface area (Å²) in [6, 6.07) is 7.17. The van der Waals surface area contributed by atoms with E-state index in [0.717, 1.165) is 13.0 Å². The van der Waals surface area contributed by atoms with Gasteiger partial charge in [0, 0.05) is 42.9 Å². The topological polar surface area (TPSA) is 98.1 Å². The van der Waals surface area contributed by atoms with Gasteiger partial charge < -0.3 is 15.2 Å². The largest absolute Gasteiger partial charge is 0.326 e. The fourth-order valence-corrected chi connectivity index (χ4v) is 3.05. The van der Waals surface area contributed by atoms with Gasteiger partial charge >= 0.3 is 5.69 Å². The van der Waals surface area contributed by atoms with Crippen LogP contribution in [0.4, 0.5) is 10.1 Å². The lowest BCUT2D eigenvalue weighted by Gasteiger charge is -2.15. The molecule has 1 aromatic carbocycles. The molecule has 1 amide bonds. The van der Waals surface area contributed by atoms with E-state index in [-0.39, 0.29) is 18.2 Å². The number of halogens is 1. The molecule has 3 rings (SSSR count). The molecule has 0 aliphatic carbocycles. The molecule has 1 aliphatic rings. The summed E-state index contributed by atoms with van der Waals surface area (Å²) < 4.78 is 13.1. The lowest BCUT2D eigenvalue weighted by atomic mass is 10.1. The molecule has 132 valence electrons. The van der Waals surface area contributed by atoms with Crippen LogP contribution in [-0.4, -0.2) is 40.4 Å². The molecule has 3 N–H and O–H groups in total. The van der Waals surface area contributed by atoms with Gasteiger partial charge in [0.1, 0.15) is 5.82 Å². The van der Waals surface area contributed by atoms with Crippen molar-refractivity contribution >= 4 is 11.6 Å². The van der Waals surface area contributed by atoms with Crippen LogP contribution in [0.3, 0.4) is 0 Å². The van der Waals surface area contributed by atoms with Crippen LogP contribution < -0.4 is 16.6 Å². The number of carbonyl (C=O) groups excluding carboxylic acids is 1. The molecule has 1 saturated heterocycles. The highest BCUT2D eigenvalue weighted by Crippen LogP contribution is 2.24. The van der Waals surface area contributed by atoms with Crippen molar-refractivity contribution in [3.05, 3.63) is 62.7 Å². The number of rotatable bonds is 5. The number of hydrogen-bond donors (Lipinski definition) is 3. The lowest BCUT2D eigenvalue weighted by Crippen LogP contribution is -2.27. The predicted octanol–water partition coefficient (Wildman–Crippen LogP) is 1.02. The molecule has 1 fully saturated rings. The quantitative estimate of drug-likeness (QED) is 0.753. The van der Waals surface area contributed by atoms with E-state index in [1.165, 1.54) is 18.2 Å². The molecule has 0 radical (unpaired) electrons. The number of amides is 1. The molecule has 25 heavy (non-hydrogen) atoms. The van der Waals surface area contributed by atoms with E-state index >= 15 is 0 Å². The van der Waals surface area contributed by atoms with E-state index in [4.69, 9.17) is 0 Å². The van der Waals surface area contributed by atoms with Crippen molar-refractivity contribution in [2.45, 2.75) is 18.8 Å². The number of hydrogen-bond acceptors (Lipinski definition) is 4. The van der Waals surface area contributed by atoms with E-state index < -0.39 is 17.1 Å². The minimum Gasteiger partial charge on any atom is -0.326 e. The summed E-state index contributed by atoms with van der Waals surface area (Å²) in [5, 5.41) is 2.67. The van der Waals surface area contributed by atoms with Gasteiger partial charge in [-0.25, -0.2) is 9.18 Å². The number of likely N-dealkylation sites (tertiary alicyclic amines) is 1. The van der Waals surface area contributed by atoms with Gasteiger partial charge in [-0.15, -0.1) is 0 Å². The summed E-state index contributed by atoms with van der Waals surface area (Å²) in [4.78, 5) is 41.6. The molecule has 0 bridgehead atoms. The highest BCUT2D eigenvalue weighted by molar-refractivity contribution is 5.90. The summed E-state index contributed by atoms with van der Waals surface area (Å²) in [6.45, 7) is 2.02. The van der Waals surface area contributed by atoms with Crippen molar-refractivity contribution < 1.29 is 9.18 Å². The molecular weight excluding hydrogens is 327 g/mol. The van der Waals surface area contributed by atoms with Gasteiger partial charge in [-0.1, -0.05) is 6.07 Å². The van der Waals surface area contributed by atoms with E-state index in [9.17, 15) is 18.8 Å². The number of anilines is 1. The monoisotopic (exact) mass is 346 g/mol. The molecule has 2 aromatic rings. The molecule has 0 spiro atoms. The minimum atomic E-state index is -0.504. The number of aromatic nitrogens is 2. The molecule has 2 heterocycles. The molecule has 7 nitrogen and oxygen atoms in total. The second-order valence-corrected chi connectivity index (χ2v) is 6.14. The van der Waals surface area contributed by atoms with Gasteiger partial charge in [-0.2, -0.15) is 0 Å². The van der Waals surface area contributed by atoms with Gasteiger partial charge in [-0.05, 0) is 31.2 Å². The van der Waals surface area contributed by atoms with Gasteiger partial charge in [-0.3, -0.25) is 14.6 Å². The standard InChI is InChI=1S/C17H19FN4O3/c18-12-2-1-3-13(8-12)19-15(23)5-7-22-6-4-11(10-22)14-9-16(24)21-17(25)20-14/h1-3,8-9,11H,4-7,10H2,(H,19,23)(H2,20,21,24,25)/t11-/m0/s1. The fraction of sp³-hybridized carbons (Fsp3) is 0.353. The van der Waals surface area contributed by atoms with Crippen molar-refractivity contribution in [2.75, 3.05) is 25.0 Å². The first kappa shape index (κ1) is 17.1. The van der Waals surface area contributed by atoms with Crippen molar-refractivity contribution in [1.29, 1.82) is 0 Å². The maximum Gasteiger partial charge on any atom is 0.325 e. The summed E-state index contributed by atoms with van der Waals surface area (Å²) in [5.41, 5.74) is 0.146. The first-order valence-electron chi connectivity index (χ1n) is 8.11. The average molecular weight is 346 g/mol. The maximum absolute atomic E-state index is 13.1. The molecule has 8 heteroatoms. The zero-order chi connectivity index (χ0) is 17.8. The Morgan fingerprint density at radius 1 is 1.28 bits per heavy atom. The average Bonchev–Trinajstić information content (AvgIpc) is 3.01. The second-order valence-electron chi connectivity index (χ2n) is 6.14. The zero-order valence-corrected chi connectivity index (χ0v) is 13.5. The first-order valence-corrected chi connectivity index (χ1v) is 8.11. The summed E-state index contributed by atoms with van der Waals surface area (Å²) in [6.07, 6.45) is 1.10. The SMILES string of the molecule is O=C(CCN1CC[C@H](c2cc(=O)[nH]c(=O)[nH]2)C1)Nc1cccc(F)c1. The first-order chi connectivity index (χ1) is 12.0. The van der Waals surface area contributed by atoms with Gasteiger partial charge in [0.25, 0.3) is 5.56 Å². The maximum atomic E-state index is 13.1. The minimum absolute atomic E-state index is 0.0706. The van der Waals surface area contributed by atoms with Crippen LogP contribution >= 0.6 is 0 Å². The Morgan fingerprint density at radius 3 is 2.88 bits per heavy atom. The third kappa shape index (κ3) is 4.63. The van der Waals surface area contributed by atoms with Crippen molar-refractivity contribution in [2.24, 2.45) is 0 Å². The normalized spacial score (nSPS) is 17.6. The number of benzene rings is 1. The van der Waals surface area contributed by atoms with Gasteiger partial charge in [0.2, 0.25) is 5.91 Å². The summed E-state index contributed by atoms with van der Waals surface area (Å²) in [5.74, 6) is -0.507. The Labute approximate surface area is 142 Å². The van der Waals surface area contributed by atoms with Crippen LogP contribution in [0.1, 0.15) is 24.5 Å². The van der Waals surface area contributed by atoms with E-state index in [2.05, 4.69) is 20.2 Å². The Balaban J connectivity index is 1.50. The fourth-order valence-electron chi connectivity index (χ4n) is 3.05. The van der Waals surface area contributed by atoms with Crippen molar-refractivity contribution in [3.63, 3.8) is 0 Å². The lowest BCUT2D eigenvalue weighted by molar-refractivity contribution is -0.116. The van der Waals surface area contributed by atoms with Crippen LogP contribution in [0.2, 0.25) is 0 Å². The van der Waals surface area contributed by atoms with Crippen LogP contribution in [0.5, 0.6) is 0 Å². The summed E-state index contributed by atoms with van der Waals surface area (Å²) in [7, 11) is 0. The van der Waals surface area contributed by atoms with Crippen LogP contribution in [-0.2, 0) is 4.79 Å². The number of H-pyrrole nitrogens is 2. The van der Waals surface area contributed by atoms with Crippen LogP contribution in [0, 0.1) is 5.82 Å².